The Morgan fingerprint density at radius 2 is 1.68 bits per heavy atom. The zero-order valence-corrected chi connectivity index (χ0v) is 20.3. The van der Waals surface area contributed by atoms with Crippen LogP contribution in [0, 0.1) is 0 Å². The minimum Gasteiger partial charge on any atom is -0.497 e. The van der Waals surface area contributed by atoms with Gasteiger partial charge in [0.25, 0.3) is 11.8 Å². The maximum atomic E-state index is 12.9. The van der Waals surface area contributed by atoms with Gasteiger partial charge in [-0.2, -0.15) is 5.10 Å². The molecular formula is C26H21N5O5S. The maximum Gasteiger partial charge on any atom is 0.269 e. The number of benzene rings is 4. The summed E-state index contributed by atoms with van der Waals surface area (Å²) in [7, 11) is -2.36. The molecule has 0 aliphatic heterocycles. The first kappa shape index (κ1) is 24.0. The van der Waals surface area contributed by atoms with Gasteiger partial charge < -0.3 is 15.8 Å². The fraction of sp³-hybridized carbons (Fsp3) is 0.0385. The van der Waals surface area contributed by atoms with Crippen molar-refractivity contribution in [3.63, 3.8) is 0 Å². The molecule has 186 valence electrons. The number of ether oxygens (including phenoxy) is 1. The van der Waals surface area contributed by atoms with Gasteiger partial charge in [0.15, 0.2) is 5.69 Å². The summed E-state index contributed by atoms with van der Waals surface area (Å²) in [5.41, 5.74) is 7.65. The number of anilines is 1. The summed E-state index contributed by atoms with van der Waals surface area (Å²) >= 11 is 0. The van der Waals surface area contributed by atoms with Crippen molar-refractivity contribution in [2.45, 2.75) is 4.90 Å². The lowest BCUT2D eigenvalue weighted by atomic mass is 10.0. The molecule has 0 bridgehead atoms. The maximum absolute atomic E-state index is 12.9. The third-order valence-corrected chi connectivity index (χ3v) is 6.82. The van der Waals surface area contributed by atoms with Gasteiger partial charge >= 0.3 is 0 Å². The minimum absolute atomic E-state index is 0.0539. The Labute approximate surface area is 211 Å². The average Bonchev–Trinajstić information content (AvgIpc) is 3.29. The number of primary sulfonamides is 1. The number of hydrogen-bond acceptors (Lipinski definition) is 6. The summed E-state index contributed by atoms with van der Waals surface area (Å²) in [5, 5.41) is 14.5. The number of amides is 2. The highest BCUT2D eigenvalue weighted by atomic mass is 32.2. The topological polar surface area (TPSA) is 159 Å². The van der Waals surface area contributed by atoms with Crippen molar-refractivity contribution in [2.75, 3.05) is 12.4 Å². The number of rotatable bonds is 6. The van der Waals surface area contributed by atoms with Gasteiger partial charge in [-0.15, -0.1) is 0 Å². The van der Waals surface area contributed by atoms with Gasteiger partial charge in [0.2, 0.25) is 10.0 Å². The van der Waals surface area contributed by atoms with E-state index in [0.29, 0.717) is 39.0 Å². The number of nitrogens with two attached hydrogens (primary N) is 2. The third-order valence-electron chi connectivity index (χ3n) is 5.89. The number of aromatic nitrogens is 2. The first-order valence-electron chi connectivity index (χ1n) is 11.0. The number of nitrogens with one attached hydrogen (secondary N) is 1. The second-order valence-electron chi connectivity index (χ2n) is 8.25. The zero-order valence-electron chi connectivity index (χ0n) is 19.5. The summed E-state index contributed by atoms with van der Waals surface area (Å²) in [6.07, 6.45) is 0. The quantitative estimate of drug-likeness (QED) is 0.315. The molecule has 0 unspecified atom stereocenters. The molecule has 0 radical (unpaired) electrons. The molecule has 0 spiro atoms. The van der Waals surface area contributed by atoms with Crippen molar-refractivity contribution < 1.29 is 22.7 Å². The summed E-state index contributed by atoms with van der Waals surface area (Å²) in [4.78, 5) is 25.0. The molecule has 0 fully saturated rings. The fourth-order valence-electron chi connectivity index (χ4n) is 4.12. The second kappa shape index (κ2) is 9.04. The van der Waals surface area contributed by atoms with Crippen molar-refractivity contribution in [2.24, 2.45) is 10.9 Å². The Kier molecular flexibility index (Phi) is 5.86. The Bertz CT molecular complexity index is 1810. The van der Waals surface area contributed by atoms with Gasteiger partial charge in [-0.1, -0.05) is 18.2 Å². The lowest BCUT2D eigenvalue weighted by Gasteiger charge is -2.10. The third kappa shape index (κ3) is 4.48. The van der Waals surface area contributed by atoms with E-state index in [1.807, 2.05) is 12.1 Å². The van der Waals surface area contributed by atoms with E-state index in [2.05, 4.69) is 10.4 Å². The predicted octanol–water partition coefficient (Wildman–Crippen LogP) is 3.19. The highest BCUT2D eigenvalue weighted by Crippen LogP contribution is 2.32. The van der Waals surface area contributed by atoms with Gasteiger partial charge in [0, 0.05) is 22.0 Å². The highest BCUT2D eigenvalue weighted by molar-refractivity contribution is 7.89. The van der Waals surface area contributed by atoms with Crippen LogP contribution in [0.15, 0.2) is 83.8 Å². The van der Waals surface area contributed by atoms with Crippen molar-refractivity contribution in [3.05, 3.63) is 90.1 Å². The summed E-state index contributed by atoms with van der Waals surface area (Å²) in [5.74, 6) is -0.480. The lowest BCUT2D eigenvalue weighted by molar-refractivity contribution is 0.0994. The van der Waals surface area contributed by atoms with Gasteiger partial charge in [-0.05, 0) is 66.0 Å². The number of sulfonamides is 1. The van der Waals surface area contributed by atoms with Crippen molar-refractivity contribution >= 4 is 49.2 Å². The van der Waals surface area contributed by atoms with Crippen molar-refractivity contribution in [1.82, 2.24) is 9.78 Å². The number of fused-ring (bicyclic) bond motifs is 3. The summed E-state index contributed by atoms with van der Waals surface area (Å²) in [6.45, 7) is 0. The zero-order chi connectivity index (χ0) is 26.3. The molecule has 0 aliphatic carbocycles. The molecule has 1 aromatic heterocycles. The normalized spacial score (nSPS) is 11.5. The van der Waals surface area contributed by atoms with Crippen LogP contribution in [0.25, 0.3) is 27.4 Å². The van der Waals surface area contributed by atoms with Crippen molar-refractivity contribution in [1.29, 1.82) is 0 Å². The van der Waals surface area contributed by atoms with E-state index < -0.39 is 15.9 Å². The standard InChI is InChI=1S/C26H21N5O5S/c1-36-19-4-2-3-16(13-19)26(33)29-17-7-5-15-6-12-21-23(25(27)32)30-31(24(21)22(15)14-17)18-8-10-20(11-9-18)37(28,34)35/h2-14H,1H3,(H2,27,32)(H,29,33)(H2,28,34,35). The monoisotopic (exact) mass is 515 g/mol. The molecule has 5 aromatic rings. The van der Waals surface area contributed by atoms with E-state index in [-0.39, 0.29) is 16.5 Å². The highest BCUT2D eigenvalue weighted by Gasteiger charge is 2.19. The molecule has 37 heavy (non-hydrogen) atoms. The molecule has 1 heterocycles. The van der Waals surface area contributed by atoms with Crippen LogP contribution in [0.5, 0.6) is 5.75 Å². The Morgan fingerprint density at radius 1 is 0.946 bits per heavy atom. The minimum atomic E-state index is -3.88. The predicted molar refractivity (Wildman–Crippen MR) is 139 cm³/mol. The van der Waals surface area contributed by atoms with Crippen LogP contribution in [0.3, 0.4) is 0 Å². The molecule has 0 aliphatic rings. The van der Waals surface area contributed by atoms with Crippen LogP contribution in [0.2, 0.25) is 0 Å². The largest absolute Gasteiger partial charge is 0.497 e. The molecule has 0 saturated carbocycles. The SMILES string of the molecule is COc1cccc(C(=O)Nc2ccc3ccc4c(C(N)=O)nn(-c5ccc(S(N)(=O)=O)cc5)c4c3c2)c1. The average molecular weight is 516 g/mol. The van der Waals surface area contributed by atoms with Crippen LogP contribution >= 0.6 is 0 Å². The van der Waals surface area contributed by atoms with Crippen LogP contribution in [0.1, 0.15) is 20.8 Å². The van der Waals surface area contributed by atoms with Gasteiger partial charge in [0.1, 0.15) is 5.75 Å². The Balaban J connectivity index is 1.65. The smallest absolute Gasteiger partial charge is 0.269 e. The molecule has 2 amide bonds. The van der Waals surface area contributed by atoms with Crippen molar-refractivity contribution in [3.8, 4) is 11.4 Å². The summed E-state index contributed by atoms with van der Waals surface area (Å²) < 4.78 is 30.1. The molecule has 4 aromatic carbocycles. The second-order valence-corrected chi connectivity index (χ2v) is 9.81. The van der Waals surface area contributed by atoms with Gasteiger partial charge in [-0.25, -0.2) is 18.2 Å². The van der Waals surface area contributed by atoms with E-state index in [0.717, 1.165) is 5.39 Å². The van der Waals surface area contributed by atoms with Crippen LogP contribution in [0.4, 0.5) is 5.69 Å². The lowest BCUT2D eigenvalue weighted by Crippen LogP contribution is -2.13. The molecule has 11 heteroatoms. The number of primary amides is 1. The first-order valence-corrected chi connectivity index (χ1v) is 12.5. The number of hydrogen-bond donors (Lipinski definition) is 3. The van der Waals surface area contributed by atoms with E-state index in [9.17, 15) is 18.0 Å². The Hall–Kier alpha value is -4.74. The molecule has 5 N–H and O–H groups in total. The van der Waals surface area contributed by atoms with Crippen LogP contribution in [-0.4, -0.2) is 37.1 Å². The van der Waals surface area contributed by atoms with E-state index in [1.165, 1.54) is 36.1 Å². The molecule has 0 atom stereocenters. The first-order chi connectivity index (χ1) is 17.7. The van der Waals surface area contributed by atoms with E-state index in [4.69, 9.17) is 15.6 Å². The van der Waals surface area contributed by atoms with E-state index >= 15 is 0 Å². The molecule has 5 rings (SSSR count). The van der Waals surface area contributed by atoms with E-state index in [1.54, 1.807) is 42.5 Å². The Morgan fingerprint density at radius 3 is 2.35 bits per heavy atom. The number of carbonyl (C=O) groups is 2. The number of methoxy groups -OCH3 is 1. The number of carbonyl (C=O) groups excluding carboxylic acids is 2. The molecule has 0 saturated heterocycles. The number of nitrogens with zero attached hydrogens (tertiary/aromatic N) is 2. The van der Waals surface area contributed by atoms with Gasteiger partial charge in [-0.3, -0.25) is 9.59 Å². The molecular weight excluding hydrogens is 494 g/mol. The molecule has 10 nitrogen and oxygen atoms in total. The van der Waals surface area contributed by atoms with Crippen LogP contribution in [-0.2, 0) is 10.0 Å². The fourth-order valence-corrected chi connectivity index (χ4v) is 4.63. The van der Waals surface area contributed by atoms with Gasteiger partial charge in [0.05, 0.1) is 23.2 Å². The van der Waals surface area contributed by atoms with Crippen LogP contribution < -0.4 is 20.9 Å². The summed E-state index contributed by atoms with van der Waals surface area (Å²) in [6, 6.07) is 21.5.